The lowest BCUT2D eigenvalue weighted by Gasteiger charge is -2.11. The predicted molar refractivity (Wildman–Crippen MR) is 124 cm³/mol. The molecular formula is C22H20Cl2N2O4S. The number of benzene rings is 3. The van der Waals surface area contributed by atoms with Crippen LogP contribution in [0, 0.1) is 13.8 Å². The molecule has 0 atom stereocenters. The van der Waals surface area contributed by atoms with Crippen molar-refractivity contribution in [3.63, 3.8) is 0 Å². The van der Waals surface area contributed by atoms with Crippen molar-refractivity contribution in [3.05, 3.63) is 81.8 Å². The van der Waals surface area contributed by atoms with Crippen LogP contribution in [0.15, 0.2) is 65.6 Å². The van der Waals surface area contributed by atoms with E-state index in [0.29, 0.717) is 27.2 Å². The molecule has 31 heavy (non-hydrogen) atoms. The quantitative estimate of drug-likeness (QED) is 0.474. The van der Waals surface area contributed by atoms with E-state index < -0.39 is 15.9 Å². The monoisotopic (exact) mass is 478 g/mol. The number of carbonyl (C=O) groups excluding carboxylic acids is 1. The third kappa shape index (κ3) is 6.13. The summed E-state index contributed by atoms with van der Waals surface area (Å²) in [4.78, 5) is 12.1. The Morgan fingerprint density at radius 2 is 1.65 bits per heavy atom. The van der Waals surface area contributed by atoms with Crippen LogP contribution in [-0.4, -0.2) is 20.9 Å². The number of sulfonamides is 1. The summed E-state index contributed by atoms with van der Waals surface area (Å²) in [6.45, 7) is 3.60. The van der Waals surface area contributed by atoms with Crippen molar-refractivity contribution in [2.75, 3.05) is 16.6 Å². The van der Waals surface area contributed by atoms with Gasteiger partial charge in [-0.25, -0.2) is 8.42 Å². The second-order valence-corrected chi connectivity index (χ2v) is 9.36. The van der Waals surface area contributed by atoms with Crippen molar-refractivity contribution in [1.82, 2.24) is 0 Å². The fraction of sp³-hybridized carbons (Fsp3) is 0.136. The molecule has 3 rings (SSSR count). The maximum absolute atomic E-state index is 12.6. The van der Waals surface area contributed by atoms with Crippen LogP contribution in [0.3, 0.4) is 0 Å². The fourth-order valence-electron chi connectivity index (χ4n) is 2.66. The van der Waals surface area contributed by atoms with Crippen LogP contribution < -0.4 is 14.8 Å². The zero-order valence-electron chi connectivity index (χ0n) is 16.8. The van der Waals surface area contributed by atoms with Gasteiger partial charge in [-0.1, -0.05) is 29.3 Å². The molecule has 2 N–H and O–H groups in total. The minimum Gasteiger partial charge on any atom is -0.484 e. The Morgan fingerprint density at radius 3 is 2.29 bits per heavy atom. The number of rotatable bonds is 7. The zero-order chi connectivity index (χ0) is 22.6. The Bertz CT molecular complexity index is 1210. The molecule has 0 unspecified atom stereocenters. The lowest BCUT2D eigenvalue weighted by atomic mass is 10.1. The number of aryl methyl sites for hydroxylation is 2. The highest BCUT2D eigenvalue weighted by Gasteiger charge is 2.15. The summed E-state index contributed by atoms with van der Waals surface area (Å²) in [7, 11) is -3.75. The highest BCUT2D eigenvalue weighted by molar-refractivity contribution is 7.92. The highest BCUT2D eigenvalue weighted by Crippen LogP contribution is 2.25. The van der Waals surface area contributed by atoms with Gasteiger partial charge in [-0.3, -0.25) is 9.52 Å². The van der Waals surface area contributed by atoms with Crippen LogP contribution in [0.1, 0.15) is 11.1 Å². The molecule has 0 spiro atoms. The van der Waals surface area contributed by atoms with Crippen molar-refractivity contribution in [2.45, 2.75) is 18.7 Å². The van der Waals surface area contributed by atoms with E-state index in [1.165, 1.54) is 30.3 Å². The number of carbonyl (C=O) groups is 1. The van der Waals surface area contributed by atoms with E-state index in [4.69, 9.17) is 27.9 Å². The lowest BCUT2D eigenvalue weighted by molar-refractivity contribution is -0.118. The molecule has 0 aliphatic carbocycles. The first-order valence-electron chi connectivity index (χ1n) is 9.22. The number of hydrogen-bond donors (Lipinski definition) is 2. The van der Waals surface area contributed by atoms with Gasteiger partial charge in [0.15, 0.2) is 6.61 Å². The van der Waals surface area contributed by atoms with Gasteiger partial charge >= 0.3 is 0 Å². The van der Waals surface area contributed by atoms with E-state index in [1.807, 2.05) is 19.9 Å². The summed E-state index contributed by atoms with van der Waals surface area (Å²) >= 11 is 11.9. The predicted octanol–water partition coefficient (Wildman–Crippen LogP) is 5.43. The summed E-state index contributed by atoms with van der Waals surface area (Å²) in [5.74, 6) is -0.0696. The number of nitrogens with one attached hydrogen (secondary N) is 2. The van der Waals surface area contributed by atoms with Crippen LogP contribution in [-0.2, 0) is 14.8 Å². The van der Waals surface area contributed by atoms with Crippen LogP contribution in [0.4, 0.5) is 11.4 Å². The van der Waals surface area contributed by atoms with Crippen LogP contribution in [0.25, 0.3) is 0 Å². The first kappa shape index (κ1) is 22.9. The lowest BCUT2D eigenvalue weighted by Crippen LogP contribution is -2.20. The number of ether oxygens (including phenoxy) is 1. The van der Waals surface area contributed by atoms with Gasteiger partial charge < -0.3 is 10.1 Å². The Kier molecular flexibility index (Phi) is 7.10. The number of anilines is 2. The Balaban J connectivity index is 1.60. The minimum absolute atomic E-state index is 0.0791. The van der Waals surface area contributed by atoms with Crippen molar-refractivity contribution in [2.24, 2.45) is 0 Å². The summed E-state index contributed by atoms with van der Waals surface area (Å²) in [5.41, 5.74) is 2.97. The molecule has 9 heteroatoms. The zero-order valence-corrected chi connectivity index (χ0v) is 19.1. The third-order valence-electron chi connectivity index (χ3n) is 4.47. The molecule has 0 bridgehead atoms. The van der Waals surface area contributed by atoms with E-state index >= 15 is 0 Å². The van der Waals surface area contributed by atoms with Gasteiger partial charge in [0.2, 0.25) is 0 Å². The maximum Gasteiger partial charge on any atom is 0.262 e. The average molecular weight is 479 g/mol. The normalized spacial score (nSPS) is 11.1. The SMILES string of the molecule is Cc1ccc(NS(=O)(=O)c2ccc(OCC(=O)Nc3ccc(Cl)cc3Cl)cc2)cc1C. The molecular weight excluding hydrogens is 459 g/mol. The molecule has 0 radical (unpaired) electrons. The largest absolute Gasteiger partial charge is 0.484 e. The minimum atomic E-state index is -3.75. The second kappa shape index (κ2) is 9.60. The summed E-state index contributed by atoms with van der Waals surface area (Å²) in [5, 5.41) is 3.39. The van der Waals surface area contributed by atoms with Gasteiger partial charge in [0.1, 0.15) is 5.75 Å². The van der Waals surface area contributed by atoms with Crippen molar-refractivity contribution in [1.29, 1.82) is 0 Å². The molecule has 1 amide bonds. The van der Waals surface area contributed by atoms with E-state index in [1.54, 1.807) is 24.3 Å². The van der Waals surface area contributed by atoms with E-state index in [0.717, 1.165) is 11.1 Å². The molecule has 3 aromatic carbocycles. The standard InChI is InChI=1S/C22H20Cl2N2O4S/c1-14-3-5-17(11-15(14)2)26-31(28,29)19-8-6-18(7-9-19)30-13-22(27)25-21-10-4-16(23)12-20(21)24/h3-12,26H,13H2,1-2H3,(H,25,27). The molecule has 0 aliphatic rings. The highest BCUT2D eigenvalue weighted by atomic mass is 35.5. The van der Waals surface area contributed by atoms with Gasteiger partial charge in [-0.15, -0.1) is 0 Å². The van der Waals surface area contributed by atoms with Gasteiger partial charge in [-0.05, 0) is 79.6 Å². The number of halogens is 2. The fourth-order valence-corrected chi connectivity index (χ4v) is 4.17. The van der Waals surface area contributed by atoms with Gasteiger partial charge in [0.25, 0.3) is 15.9 Å². The maximum atomic E-state index is 12.6. The Hall–Kier alpha value is -2.74. The second-order valence-electron chi connectivity index (χ2n) is 6.84. The van der Waals surface area contributed by atoms with Crippen molar-refractivity contribution >= 4 is 50.5 Å². The third-order valence-corrected chi connectivity index (χ3v) is 6.41. The first-order valence-corrected chi connectivity index (χ1v) is 11.5. The molecule has 0 saturated heterocycles. The van der Waals surface area contributed by atoms with Crippen LogP contribution in [0.2, 0.25) is 10.0 Å². The van der Waals surface area contributed by atoms with Gasteiger partial charge in [0, 0.05) is 10.7 Å². The van der Waals surface area contributed by atoms with E-state index in [-0.39, 0.29) is 11.5 Å². The number of hydrogen-bond acceptors (Lipinski definition) is 4. The molecule has 3 aromatic rings. The van der Waals surface area contributed by atoms with E-state index in [9.17, 15) is 13.2 Å². The van der Waals surface area contributed by atoms with Crippen molar-refractivity contribution < 1.29 is 17.9 Å². The topological polar surface area (TPSA) is 84.5 Å². The molecule has 0 aromatic heterocycles. The molecule has 6 nitrogen and oxygen atoms in total. The molecule has 0 heterocycles. The summed E-state index contributed by atoms with van der Waals surface area (Å²) in [6, 6.07) is 15.8. The summed E-state index contributed by atoms with van der Waals surface area (Å²) < 4.78 is 33.2. The molecule has 162 valence electrons. The van der Waals surface area contributed by atoms with Crippen LogP contribution in [0.5, 0.6) is 5.75 Å². The Morgan fingerprint density at radius 1 is 0.935 bits per heavy atom. The molecule has 0 saturated carbocycles. The molecule has 0 aliphatic heterocycles. The van der Waals surface area contributed by atoms with Crippen LogP contribution >= 0.6 is 23.2 Å². The van der Waals surface area contributed by atoms with Gasteiger partial charge in [-0.2, -0.15) is 0 Å². The summed E-state index contributed by atoms with van der Waals surface area (Å²) in [6.07, 6.45) is 0. The smallest absolute Gasteiger partial charge is 0.262 e. The first-order chi connectivity index (χ1) is 14.6. The van der Waals surface area contributed by atoms with Gasteiger partial charge in [0.05, 0.1) is 15.6 Å². The number of amides is 1. The average Bonchev–Trinajstić information content (AvgIpc) is 2.71. The van der Waals surface area contributed by atoms with Crippen molar-refractivity contribution in [3.8, 4) is 5.75 Å². The van der Waals surface area contributed by atoms with E-state index in [2.05, 4.69) is 10.0 Å². The molecule has 0 fully saturated rings. The Labute approximate surface area is 191 Å².